The van der Waals surface area contributed by atoms with Crippen molar-refractivity contribution < 1.29 is 19.0 Å². The molecule has 0 unspecified atom stereocenters. The number of aromatic nitrogens is 3. The Labute approximate surface area is 265 Å². The van der Waals surface area contributed by atoms with E-state index in [1.807, 2.05) is 31.2 Å². The van der Waals surface area contributed by atoms with Crippen LogP contribution in [0.4, 0.5) is 0 Å². The highest BCUT2D eigenvalue weighted by Crippen LogP contribution is 2.39. The van der Waals surface area contributed by atoms with Gasteiger partial charge >= 0.3 is 5.97 Å². The minimum Gasteiger partial charge on any atom is -0.493 e. The monoisotopic (exact) mass is 608 g/mol. The molecular weight excluding hydrogens is 564 g/mol. The number of hydrogen-bond acceptors (Lipinski definition) is 6. The lowest BCUT2D eigenvalue weighted by molar-refractivity contribution is 0.0512. The second-order valence-electron chi connectivity index (χ2n) is 12.0. The van der Waals surface area contributed by atoms with E-state index >= 15 is 0 Å². The van der Waals surface area contributed by atoms with Gasteiger partial charge in [0.2, 0.25) is 0 Å². The molecule has 0 fully saturated rings. The minimum absolute atomic E-state index is 0.269. The molecule has 0 spiro atoms. The second-order valence-corrected chi connectivity index (χ2v) is 12.0. The number of rotatable bonds is 10. The Balaban J connectivity index is 1.42. The molecule has 0 radical (unpaired) electrons. The van der Waals surface area contributed by atoms with Crippen LogP contribution >= 0.6 is 0 Å². The number of aryl methyl sites for hydroxylation is 2. The number of esters is 1. The quantitative estimate of drug-likeness (QED) is 0.125. The van der Waals surface area contributed by atoms with Crippen LogP contribution in [0.1, 0.15) is 53.6 Å². The molecule has 3 heterocycles. The molecule has 0 N–H and O–H groups in total. The summed E-state index contributed by atoms with van der Waals surface area (Å²) in [5, 5.41) is 8.40. The van der Waals surface area contributed by atoms with Crippen molar-refractivity contribution >= 4 is 27.6 Å². The smallest absolute Gasteiger partial charge is 0.355 e. The normalized spacial score (nSPS) is 13.6. The molecule has 8 nitrogen and oxygen atoms in total. The third-order valence-electron chi connectivity index (χ3n) is 8.70. The van der Waals surface area contributed by atoms with E-state index in [1.165, 1.54) is 0 Å². The molecule has 0 amide bonds. The number of carbonyl (C=O) groups is 1. The van der Waals surface area contributed by atoms with Gasteiger partial charge in [-0.1, -0.05) is 54.6 Å². The van der Waals surface area contributed by atoms with Gasteiger partial charge in [0.25, 0.3) is 0 Å². The summed E-state index contributed by atoms with van der Waals surface area (Å²) in [5.74, 6) is 0.615. The fourth-order valence-electron chi connectivity index (χ4n) is 6.56. The van der Waals surface area contributed by atoms with Gasteiger partial charge in [0.1, 0.15) is 11.4 Å². The van der Waals surface area contributed by atoms with Crippen LogP contribution < -0.4 is 4.74 Å². The number of hydrogen-bond donors (Lipinski definition) is 0. The summed E-state index contributed by atoms with van der Waals surface area (Å²) in [7, 11) is 4.16. The molecule has 45 heavy (non-hydrogen) atoms. The minimum atomic E-state index is -0.269. The molecule has 236 valence electrons. The Hall–Kier alpha value is -4.14. The second kappa shape index (κ2) is 13.9. The van der Waals surface area contributed by atoms with Crippen molar-refractivity contribution in [3.8, 4) is 16.9 Å². The first-order chi connectivity index (χ1) is 22.0. The number of carbonyl (C=O) groups excluding carboxylic acids is 1. The maximum absolute atomic E-state index is 13.7. The molecule has 3 aromatic carbocycles. The molecule has 0 atom stereocenters. The van der Waals surface area contributed by atoms with Gasteiger partial charge in [0, 0.05) is 47.3 Å². The number of fused-ring (bicyclic) bond motifs is 3. The van der Waals surface area contributed by atoms with Crippen LogP contribution in [-0.2, 0) is 35.6 Å². The molecule has 0 saturated heterocycles. The van der Waals surface area contributed by atoms with Crippen LogP contribution in [0.25, 0.3) is 32.8 Å². The van der Waals surface area contributed by atoms with E-state index in [-0.39, 0.29) is 5.97 Å². The molecule has 2 aromatic heterocycles. The molecule has 0 bridgehead atoms. The number of likely N-dealkylation sites (N-methyl/N-ethyl adjacent to an activating group) is 1. The zero-order valence-electron chi connectivity index (χ0n) is 27.0. The van der Waals surface area contributed by atoms with Gasteiger partial charge in [-0.05, 0) is 70.6 Å². The Morgan fingerprint density at radius 1 is 1.02 bits per heavy atom. The van der Waals surface area contributed by atoms with Crippen molar-refractivity contribution in [1.29, 1.82) is 0 Å². The molecule has 8 heteroatoms. The van der Waals surface area contributed by atoms with E-state index < -0.39 is 0 Å². The molecule has 1 aliphatic heterocycles. The molecule has 6 rings (SSSR count). The summed E-state index contributed by atoms with van der Waals surface area (Å²) in [5.41, 5.74) is 6.99. The van der Waals surface area contributed by atoms with E-state index in [4.69, 9.17) is 19.3 Å². The lowest BCUT2D eigenvalue weighted by Crippen LogP contribution is -2.19. The fourth-order valence-corrected chi connectivity index (χ4v) is 6.56. The summed E-state index contributed by atoms with van der Waals surface area (Å²) < 4.78 is 22.4. The van der Waals surface area contributed by atoms with Crippen molar-refractivity contribution in [2.24, 2.45) is 0 Å². The molecule has 0 aliphatic carbocycles. The van der Waals surface area contributed by atoms with Crippen LogP contribution in [0.3, 0.4) is 0 Å². The van der Waals surface area contributed by atoms with Crippen LogP contribution in [0.5, 0.6) is 5.75 Å². The van der Waals surface area contributed by atoms with E-state index in [2.05, 4.69) is 71.6 Å². The maximum atomic E-state index is 13.7. The predicted molar refractivity (Wildman–Crippen MR) is 179 cm³/mol. The highest BCUT2D eigenvalue weighted by molar-refractivity contribution is 6.05. The number of para-hydroxylation sites is 1. The summed E-state index contributed by atoms with van der Waals surface area (Å²) in [6, 6.07) is 20.9. The highest BCUT2D eigenvalue weighted by Gasteiger charge is 2.28. The van der Waals surface area contributed by atoms with E-state index in [0.29, 0.717) is 45.1 Å². The number of nitrogens with zero attached hydrogens (tertiary/aromatic N) is 4. The van der Waals surface area contributed by atoms with Gasteiger partial charge in [-0.2, -0.15) is 5.10 Å². The zero-order chi connectivity index (χ0) is 31.3. The third kappa shape index (κ3) is 6.35. The predicted octanol–water partition coefficient (Wildman–Crippen LogP) is 7.03. The topological polar surface area (TPSA) is 70.7 Å². The van der Waals surface area contributed by atoms with Crippen molar-refractivity contribution in [3.05, 3.63) is 83.3 Å². The number of ether oxygens (including phenoxy) is 3. The standard InChI is InChI=1S/C37H44N4O4/c1-5-44-37(42)36-30(18-12-24-45-33-19-10-14-27-13-6-7-15-28(27)33)29-16-11-17-31-34-26(2)41(22-21-39(3)4)38-32(34)25-43-23-9-8-20-40(36)35(29)31/h6-7,10-11,13-17,19H,5,8-9,12,18,20-25H2,1-4H3. The van der Waals surface area contributed by atoms with Crippen LogP contribution in [-0.4, -0.2) is 65.7 Å². The van der Waals surface area contributed by atoms with Gasteiger partial charge in [0.05, 0.1) is 37.6 Å². The average Bonchev–Trinajstić information content (AvgIpc) is 3.52. The molecule has 0 saturated carbocycles. The third-order valence-corrected chi connectivity index (χ3v) is 8.70. The zero-order valence-corrected chi connectivity index (χ0v) is 27.0. The first kappa shape index (κ1) is 30.9. The Morgan fingerprint density at radius 3 is 2.67 bits per heavy atom. The largest absolute Gasteiger partial charge is 0.493 e. The molecular formula is C37H44N4O4. The van der Waals surface area contributed by atoms with Gasteiger partial charge in [0.15, 0.2) is 0 Å². The Bertz CT molecular complexity index is 1800. The summed E-state index contributed by atoms with van der Waals surface area (Å²) in [6.07, 6.45) is 3.25. The van der Waals surface area contributed by atoms with Crippen LogP contribution in [0.2, 0.25) is 0 Å². The first-order valence-electron chi connectivity index (χ1n) is 16.2. The molecule has 5 aromatic rings. The van der Waals surface area contributed by atoms with E-state index in [0.717, 1.165) is 87.9 Å². The van der Waals surface area contributed by atoms with Crippen molar-refractivity contribution in [3.63, 3.8) is 0 Å². The van der Waals surface area contributed by atoms with Gasteiger partial charge in [-0.3, -0.25) is 4.68 Å². The van der Waals surface area contributed by atoms with Gasteiger partial charge < -0.3 is 23.7 Å². The Morgan fingerprint density at radius 2 is 1.82 bits per heavy atom. The Kier molecular flexibility index (Phi) is 9.52. The first-order valence-corrected chi connectivity index (χ1v) is 16.2. The van der Waals surface area contributed by atoms with E-state index in [9.17, 15) is 4.79 Å². The lowest BCUT2D eigenvalue weighted by atomic mass is 9.98. The summed E-state index contributed by atoms with van der Waals surface area (Å²) >= 11 is 0. The lowest BCUT2D eigenvalue weighted by Gasteiger charge is -2.14. The summed E-state index contributed by atoms with van der Waals surface area (Å²) in [6.45, 7) is 8.38. The van der Waals surface area contributed by atoms with Gasteiger partial charge in [-0.15, -0.1) is 0 Å². The van der Waals surface area contributed by atoms with Crippen LogP contribution in [0.15, 0.2) is 60.7 Å². The SMILES string of the molecule is CCOC(=O)c1c(CCCOc2cccc3ccccc23)c2cccc3c2n1CCCCOCc1nn(CCN(C)C)c(C)c1-3. The average molecular weight is 609 g/mol. The number of benzene rings is 3. The maximum Gasteiger partial charge on any atom is 0.355 e. The van der Waals surface area contributed by atoms with Crippen molar-refractivity contribution in [2.75, 3.05) is 40.5 Å². The van der Waals surface area contributed by atoms with E-state index in [1.54, 1.807) is 0 Å². The molecule has 1 aliphatic rings. The highest BCUT2D eigenvalue weighted by atomic mass is 16.5. The van der Waals surface area contributed by atoms with Crippen LogP contribution in [0, 0.1) is 6.92 Å². The van der Waals surface area contributed by atoms with Gasteiger partial charge in [-0.25, -0.2) is 4.79 Å². The fraction of sp³-hybridized carbons (Fsp3) is 0.405. The van der Waals surface area contributed by atoms with Crippen molar-refractivity contribution in [2.45, 2.75) is 59.2 Å². The summed E-state index contributed by atoms with van der Waals surface area (Å²) in [4.78, 5) is 15.9. The van der Waals surface area contributed by atoms with Crippen molar-refractivity contribution in [1.82, 2.24) is 19.2 Å².